The SMILES string of the molecule is Cc1cccnc1-c1cnn(C2CC(CO)C2)c1. The summed E-state index contributed by atoms with van der Waals surface area (Å²) >= 11 is 0. The number of aryl methyl sites for hydroxylation is 1. The van der Waals surface area contributed by atoms with Gasteiger partial charge in [0, 0.05) is 24.6 Å². The molecule has 2 heterocycles. The van der Waals surface area contributed by atoms with E-state index < -0.39 is 0 Å². The number of rotatable bonds is 3. The van der Waals surface area contributed by atoms with E-state index in [-0.39, 0.29) is 0 Å². The van der Waals surface area contributed by atoms with Gasteiger partial charge in [-0.05, 0) is 37.3 Å². The van der Waals surface area contributed by atoms with E-state index in [1.54, 1.807) is 0 Å². The standard InChI is InChI=1S/C14H17N3O/c1-10-3-2-4-15-14(10)12-7-16-17(8-12)13-5-11(6-13)9-18/h2-4,7-8,11,13,18H,5-6,9H2,1H3. The third-order valence-electron chi connectivity index (χ3n) is 3.73. The molecule has 0 bridgehead atoms. The van der Waals surface area contributed by atoms with Crippen LogP contribution in [0.15, 0.2) is 30.7 Å². The predicted octanol–water partition coefficient (Wildman–Crippen LogP) is 2.20. The molecule has 2 aromatic heterocycles. The first-order chi connectivity index (χ1) is 8.78. The monoisotopic (exact) mass is 243 g/mol. The molecule has 4 nitrogen and oxygen atoms in total. The molecule has 1 saturated carbocycles. The van der Waals surface area contributed by atoms with Crippen LogP contribution in [0.5, 0.6) is 0 Å². The molecule has 1 fully saturated rings. The maximum atomic E-state index is 9.03. The van der Waals surface area contributed by atoms with Gasteiger partial charge in [-0.25, -0.2) is 0 Å². The molecule has 0 amide bonds. The number of pyridine rings is 1. The highest BCUT2D eigenvalue weighted by molar-refractivity contribution is 5.60. The summed E-state index contributed by atoms with van der Waals surface area (Å²) in [6, 6.07) is 4.45. The lowest BCUT2D eigenvalue weighted by molar-refractivity contribution is 0.105. The van der Waals surface area contributed by atoms with Crippen molar-refractivity contribution in [3.05, 3.63) is 36.3 Å². The highest BCUT2D eigenvalue weighted by atomic mass is 16.3. The average Bonchev–Trinajstić information content (AvgIpc) is 2.77. The lowest BCUT2D eigenvalue weighted by Crippen LogP contribution is -2.29. The quantitative estimate of drug-likeness (QED) is 0.899. The summed E-state index contributed by atoms with van der Waals surface area (Å²) in [6.45, 7) is 2.36. The molecule has 94 valence electrons. The lowest BCUT2D eigenvalue weighted by atomic mass is 9.81. The maximum absolute atomic E-state index is 9.03. The number of aromatic nitrogens is 3. The van der Waals surface area contributed by atoms with Crippen LogP contribution in [0.4, 0.5) is 0 Å². The third kappa shape index (κ3) is 1.93. The Morgan fingerprint density at radius 1 is 1.44 bits per heavy atom. The van der Waals surface area contributed by atoms with Crippen LogP contribution in [0.1, 0.15) is 24.4 Å². The van der Waals surface area contributed by atoms with Gasteiger partial charge in [0.15, 0.2) is 0 Å². The maximum Gasteiger partial charge on any atom is 0.0762 e. The van der Waals surface area contributed by atoms with Crippen LogP contribution in [0, 0.1) is 12.8 Å². The Labute approximate surface area is 106 Å². The smallest absolute Gasteiger partial charge is 0.0762 e. The summed E-state index contributed by atoms with van der Waals surface area (Å²) in [5.74, 6) is 0.458. The Kier molecular flexibility index (Phi) is 2.88. The number of aliphatic hydroxyl groups excluding tert-OH is 1. The fourth-order valence-corrected chi connectivity index (χ4v) is 2.51. The van der Waals surface area contributed by atoms with Gasteiger partial charge in [0.2, 0.25) is 0 Å². The minimum atomic E-state index is 0.296. The van der Waals surface area contributed by atoms with Gasteiger partial charge in [0.25, 0.3) is 0 Å². The van der Waals surface area contributed by atoms with E-state index >= 15 is 0 Å². The molecule has 4 heteroatoms. The van der Waals surface area contributed by atoms with Crippen molar-refractivity contribution < 1.29 is 5.11 Å². The summed E-state index contributed by atoms with van der Waals surface area (Å²) in [4.78, 5) is 4.40. The molecule has 0 aromatic carbocycles. The summed E-state index contributed by atoms with van der Waals surface area (Å²) < 4.78 is 2.01. The first-order valence-electron chi connectivity index (χ1n) is 6.35. The molecule has 1 aliphatic rings. The molecule has 2 aromatic rings. The van der Waals surface area contributed by atoms with Gasteiger partial charge in [-0.2, -0.15) is 5.10 Å². The fraction of sp³-hybridized carbons (Fsp3) is 0.429. The molecule has 0 atom stereocenters. The Bertz CT molecular complexity index is 543. The summed E-state index contributed by atoms with van der Waals surface area (Å²) in [7, 11) is 0. The van der Waals surface area contributed by atoms with Crippen molar-refractivity contribution in [3.8, 4) is 11.3 Å². The minimum Gasteiger partial charge on any atom is -0.396 e. The van der Waals surface area contributed by atoms with Crippen LogP contribution in [0.3, 0.4) is 0 Å². The molecule has 3 rings (SSSR count). The highest BCUT2D eigenvalue weighted by Crippen LogP contribution is 2.37. The molecule has 0 aliphatic heterocycles. The van der Waals surface area contributed by atoms with Crippen LogP contribution < -0.4 is 0 Å². The fourth-order valence-electron chi connectivity index (χ4n) is 2.51. The van der Waals surface area contributed by atoms with E-state index in [1.165, 1.54) is 5.56 Å². The van der Waals surface area contributed by atoms with Crippen LogP contribution in [-0.4, -0.2) is 26.5 Å². The van der Waals surface area contributed by atoms with Crippen LogP contribution in [0.25, 0.3) is 11.3 Å². The second-order valence-electron chi connectivity index (χ2n) is 5.05. The zero-order valence-electron chi connectivity index (χ0n) is 10.5. The Balaban J connectivity index is 1.80. The zero-order chi connectivity index (χ0) is 12.5. The van der Waals surface area contributed by atoms with Crippen molar-refractivity contribution >= 4 is 0 Å². The molecule has 0 unspecified atom stereocenters. The van der Waals surface area contributed by atoms with Crippen molar-refractivity contribution in [1.82, 2.24) is 14.8 Å². The van der Waals surface area contributed by atoms with Gasteiger partial charge in [-0.1, -0.05) is 6.07 Å². The molecular formula is C14H17N3O. The number of nitrogens with zero attached hydrogens (tertiary/aromatic N) is 3. The van der Waals surface area contributed by atoms with Gasteiger partial charge in [0.05, 0.1) is 17.9 Å². The predicted molar refractivity (Wildman–Crippen MR) is 69.0 cm³/mol. The van der Waals surface area contributed by atoms with E-state index in [0.717, 1.165) is 24.1 Å². The van der Waals surface area contributed by atoms with Crippen molar-refractivity contribution in [3.63, 3.8) is 0 Å². The molecule has 1 N–H and O–H groups in total. The van der Waals surface area contributed by atoms with Crippen molar-refractivity contribution in [2.45, 2.75) is 25.8 Å². The largest absolute Gasteiger partial charge is 0.396 e. The first-order valence-corrected chi connectivity index (χ1v) is 6.35. The molecule has 1 aliphatic carbocycles. The first kappa shape index (κ1) is 11.4. The lowest BCUT2D eigenvalue weighted by Gasteiger charge is -2.33. The number of aliphatic hydroxyl groups is 1. The molecule has 18 heavy (non-hydrogen) atoms. The topological polar surface area (TPSA) is 50.9 Å². The van der Waals surface area contributed by atoms with Crippen molar-refractivity contribution in [2.75, 3.05) is 6.61 Å². The molecule has 0 saturated heterocycles. The minimum absolute atomic E-state index is 0.296. The van der Waals surface area contributed by atoms with E-state index in [9.17, 15) is 0 Å². The van der Waals surface area contributed by atoms with Gasteiger partial charge in [-0.3, -0.25) is 9.67 Å². The Hall–Kier alpha value is -1.68. The number of hydrogen-bond donors (Lipinski definition) is 1. The van der Waals surface area contributed by atoms with E-state index in [1.807, 2.05) is 23.1 Å². The van der Waals surface area contributed by atoms with Crippen LogP contribution in [0.2, 0.25) is 0 Å². The second kappa shape index (κ2) is 4.53. The van der Waals surface area contributed by atoms with Gasteiger partial charge in [0.1, 0.15) is 0 Å². The van der Waals surface area contributed by atoms with E-state index in [0.29, 0.717) is 18.6 Å². The van der Waals surface area contributed by atoms with E-state index in [4.69, 9.17) is 5.11 Å². The highest BCUT2D eigenvalue weighted by Gasteiger charge is 2.30. The molecule has 0 spiro atoms. The zero-order valence-corrected chi connectivity index (χ0v) is 10.5. The number of hydrogen-bond acceptors (Lipinski definition) is 3. The van der Waals surface area contributed by atoms with Gasteiger partial charge < -0.3 is 5.11 Å². The van der Waals surface area contributed by atoms with Crippen LogP contribution >= 0.6 is 0 Å². The molecular weight excluding hydrogens is 226 g/mol. The molecule has 0 radical (unpaired) electrons. The van der Waals surface area contributed by atoms with E-state index in [2.05, 4.69) is 29.3 Å². The normalized spacial score (nSPS) is 22.8. The average molecular weight is 243 g/mol. The van der Waals surface area contributed by atoms with Gasteiger partial charge >= 0.3 is 0 Å². The Morgan fingerprint density at radius 3 is 3.00 bits per heavy atom. The van der Waals surface area contributed by atoms with Crippen LogP contribution in [-0.2, 0) is 0 Å². The Morgan fingerprint density at radius 2 is 2.28 bits per heavy atom. The summed E-state index contributed by atoms with van der Waals surface area (Å²) in [5.41, 5.74) is 3.24. The van der Waals surface area contributed by atoms with Crippen molar-refractivity contribution in [1.29, 1.82) is 0 Å². The summed E-state index contributed by atoms with van der Waals surface area (Å²) in [6.07, 6.45) is 7.80. The second-order valence-corrected chi connectivity index (χ2v) is 5.05. The van der Waals surface area contributed by atoms with Crippen molar-refractivity contribution in [2.24, 2.45) is 5.92 Å². The van der Waals surface area contributed by atoms with Gasteiger partial charge in [-0.15, -0.1) is 0 Å². The summed E-state index contributed by atoms with van der Waals surface area (Å²) in [5, 5.41) is 13.5. The third-order valence-corrected chi connectivity index (χ3v) is 3.73.